The van der Waals surface area contributed by atoms with Crippen LogP contribution >= 0.6 is 0 Å². The highest BCUT2D eigenvalue weighted by Gasteiger charge is 2.32. The van der Waals surface area contributed by atoms with Gasteiger partial charge in [0, 0.05) is 54.4 Å². The molecule has 6 heteroatoms. The third kappa shape index (κ3) is 4.07. The molecule has 0 saturated heterocycles. The van der Waals surface area contributed by atoms with Crippen molar-refractivity contribution in [1.82, 2.24) is 9.88 Å². The molecule has 0 aliphatic carbocycles. The van der Waals surface area contributed by atoms with Crippen LogP contribution in [0.15, 0.2) is 48.5 Å². The molecule has 2 aliphatic heterocycles. The minimum absolute atomic E-state index is 0.184. The largest absolute Gasteiger partial charge is 0.449 e. The maximum Gasteiger partial charge on any atom is 0.339 e. The number of carbonyl (C=O) groups excluding carboxylic acids is 2. The van der Waals surface area contributed by atoms with Crippen molar-refractivity contribution >= 4 is 28.5 Å². The number of aromatic nitrogens is 1. The number of ether oxygens (including phenoxy) is 1. The molecule has 0 saturated carbocycles. The Labute approximate surface area is 200 Å². The van der Waals surface area contributed by atoms with Crippen molar-refractivity contribution < 1.29 is 14.3 Å². The van der Waals surface area contributed by atoms with Crippen LogP contribution in [-0.2, 0) is 28.9 Å². The molecule has 34 heavy (non-hydrogen) atoms. The van der Waals surface area contributed by atoms with Gasteiger partial charge in [-0.1, -0.05) is 36.4 Å². The van der Waals surface area contributed by atoms with E-state index in [0.717, 1.165) is 59.2 Å². The summed E-state index contributed by atoms with van der Waals surface area (Å²) in [6.45, 7) is 8.19. The first-order valence-electron chi connectivity index (χ1n) is 12.2. The SMILES string of the molecule is CC(OC(=O)c1c2c(nc3ccccc13)CCN(C(C)C)C2)C(=O)N1CCCc2ccccc21. The van der Waals surface area contributed by atoms with Crippen molar-refractivity contribution in [3.63, 3.8) is 0 Å². The summed E-state index contributed by atoms with van der Waals surface area (Å²) >= 11 is 0. The van der Waals surface area contributed by atoms with Gasteiger partial charge in [-0.25, -0.2) is 4.79 Å². The van der Waals surface area contributed by atoms with Gasteiger partial charge >= 0.3 is 5.97 Å². The molecule has 0 N–H and O–H groups in total. The molecule has 0 fully saturated rings. The van der Waals surface area contributed by atoms with E-state index < -0.39 is 12.1 Å². The van der Waals surface area contributed by atoms with Crippen LogP contribution in [0.4, 0.5) is 5.69 Å². The molecular formula is C28H31N3O3. The number of rotatable bonds is 4. The van der Waals surface area contributed by atoms with Gasteiger partial charge in [0.1, 0.15) is 0 Å². The highest BCUT2D eigenvalue weighted by Crippen LogP contribution is 2.31. The van der Waals surface area contributed by atoms with Crippen molar-refractivity contribution in [3.05, 3.63) is 70.9 Å². The maximum absolute atomic E-state index is 13.6. The van der Waals surface area contributed by atoms with Gasteiger partial charge in [-0.15, -0.1) is 0 Å². The standard InChI is InChI=1S/C28H31N3O3/c1-18(2)30-16-14-24-22(17-30)26(21-11-5-6-12-23(21)29-24)28(33)34-19(3)27(32)31-15-8-10-20-9-4-7-13-25(20)31/h4-7,9,11-13,18-19H,8,10,14-17H2,1-3H3. The minimum Gasteiger partial charge on any atom is -0.449 e. The fraction of sp³-hybridized carbons (Fsp3) is 0.393. The van der Waals surface area contributed by atoms with Gasteiger partial charge in [-0.05, 0) is 51.3 Å². The first kappa shape index (κ1) is 22.5. The smallest absolute Gasteiger partial charge is 0.339 e. The second-order valence-corrected chi connectivity index (χ2v) is 9.51. The Hall–Kier alpha value is -3.25. The number of carbonyl (C=O) groups is 2. The summed E-state index contributed by atoms with van der Waals surface area (Å²) in [6, 6.07) is 16.0. The Morgan fingerprint density at radius 1 is 0.971 bits per heavy atom. The quantitative estimate of drug-likeness (QED) is 0.539. The van der Waals surface area contributed by atoms with Crippen LogP contribution in [0.5, 0.6) is 0 Å². The summed E-state index contributed by atoms with van der Waals surface area (Å²) in [5.41, 5.74) is 5.28. The van der Waals surface area contributed by atoms with Gasteiger partial charge in [0.15, 0.2) is 6.10 Å². The second-order valence-electron chi connectivity index (χ2n) is 9.51. The van der Waals surface area contributed by atoms with E-state index in [9.17, 15) is 9.59 Å². The molecule has 1 aromatic heterocycles. The number of pyridine rings is 1. The summed E-state index contributed by atoms with van der Waals surface area (Å²) in [4.78, 5) is 35.9. The number of aryl methyl sites for hydroxylation is 1. The minimum atomic E-state index is -0.883. The predicted octanol–water partition coefficient (Wildman–Crippen LogP) is 4.53. The third-order valence-electron chi connectivity index (χ3n) is 7.02. The highest BCUT2D eigenvalue weighted by molar-refractivity contribution is 6.06. The fourth-order valence-electron chi connectivity index (χ4n) is 5.14. The van der Waals surface area contributed by atoms with Crippen LogP contribution in [0.2, 0.25) is 0 Å². The lowest BCUT2D eigenvalue weighted by Crippen LogP contribution is -2.43. The Balaban J connectivity index is 1.46. The van der Waals surface area contributed by atoms with E-state index in [1.807, 2.05) is 42.5 Å². The van der Waals surface area contributed by atoms with E-state index in [2.05, 4.69) is 24.8 Å². The van der Waals surface area contributed by atoms with Crippen LogP contribution in [0.3, 0.4) is 0 Å². The van der Waals surface area contributed by atoms with Gasteiger partial charge in [-0.3, -0.25) is 14.7 Å². The van der Waals surface area contributed by atoms with Gasteiger partial charge < -0.3 is 9.64 Å². The fourth-order valence-corrected chi connectivity index (χ4v) is 5.14. The molecule has 3 heterocycles. The van der Waals surface area contributed by atoms with Crippen LogP contribution < -0.4 is 4.90 Å². The highest BCUT2D eigenvalue weighted by atomic mass is 16.5. The topological polar surface area (TPSA) is 62.7 Å². The Morgan fingerprint density at radius 3 is 2.56 bits per heavy atom. The van der Waals surface area contributed by atoms with E-state index in [1.165, 1.54) is 0 Å². The van der Waals surface area contributed by atoms with Crippen molar-refractivity contribution in [1.29, 1.82) is 0 Å². The van der Waals surface area contributed by atoms with Crippen molar-refractivity contribution in [2.45, 2.75) is 58.7 Å². The summed E-state index contributed by atoms with van der Waals surface area (Å²) in [7, 11) is 0. The number of benzene rings is 2. The van der Waals surface area contributed by atoms with Gasteiger partial charge in [-0.2, -0.15) is 0 Å². The van der Waals surface area contributed by atoms with Crippen LogP contribution in [0, 0.1) is 0 Å². The molecule has 5 rings (SSSR count). The van der Waals surface area contributed by atoms with Gasteiger partial charge in [0.25, 0.3) is 5.91 Å². The van der Waals surface area contributed by atoms with E-state index in [4.69, 9.17) is 9.72 Å². The number of hydrogen-bond donors (Lipinski definition) is 0. The number of anilines is 1. The molecule has 0 radical (unpaired) electrons. The Kier molecular flexibility index (Phi) is 6.09. The molecule has 1 amide bonds. The molecule has 2 aromatic carbocycles. The van der Waals surface area contributed by atoms with E-state index in [1.54, 1.807) is 11.8 Å². The Bertz CT molecular complexity index is 1250. The Morgan fingerprint density at radius 2 is 1.74 bits per heavy atom. The molecular weight excluding hydrogens is 426 g/mol. The number of nitrogens with zero attached hydrogens (tertiary/aromatic N) is 3. The predicted molar refractivity (Wildman–Crippen MR) is 133 cm³/mol. The normalized spacial score (nSPS) is 16.8. The molecule has 6 nitrogen and oxygen atoms in total. The molecule has 3 aromatic rings. The molecule has 0 bridgehead atoms. The monoisotopic (exact) mass is 457 g/mol. The summed E-state index contributed by atoms with van der Waals surface area (Å²) < 4.78 is 5.86. The van der Waals surface area contributed by atoms with Crippen LogP contribution in [0.1, 0.15) is 54.4 Å². The lowest BCUT2D eigenvalue weighted by molar-refractivity contribution is -0.126. The molecule has 0 spiro atoms. The first-order chi connectivity index (χ1) is 16.4. The average molecular weight is 458 g/mol. The number of hydrogen-bond acceptors (Lipinski definition) is 5. The number of amides is 1. The van der Waals surface area contributed by atoms with Crippen molar-refractivity contribution in [2.75, 3.05) is 18.0 Å². The number of fused-ring (bicyclic) bond motifs is 3. The first-order valence-corrected chi connectivity index (χ1v) is 12.2. The van der Waals surface area contributed by atoms with Gasteiger partial charge in [0.2, 0.25) is 0 Å². The zero-order valence-electron chi connectivity index (χ0n) is 20.1. The second kappa shape index (κ2) is 9.18. The molecule has 1 unspecified atom stereocenters. The summed E-state index contributed by atoms with van der Waals surface area (Å²) in [5.74, 6) is -0.636. The number of esters is 1. The number of para-hydroxylation sites is 2. The molecule has 1 atom stereocenters. The third-order valence-corrected chi connectivity index (χ3v) is 7.02. The van der Waals surface area contributed by atoms with Crippen LogP contribution in [0.25, 0.3) is 10.9 Å². The van der Waals surface area contributed by atoms with Crippen molar-refractivity contribution in [3.8, 4) is 0 Å². The van der Waals surface area contributed by atoms with E-state index in [-0.39, 0.29) is 5.91 Å². The zero-order valence-corrected chi connectivity index (χ0v) is 20.1. The van der Waals surface area contributed by atoms with Crippen LogP contribution in [-0.4, -0.2) is 47.0 Å². The molecule has 2 aliphatic rings. The summed E-state index contributed by atoms with van der Waals surface area (Å²) in [5, 5.41) is 0.778. The zero-order chi connectivity index (χ0) is 23.8. The van der Waals surface area contributed by atoms with E-state index in [0.29, 0.717) is 24.7 Å². The molecule has 176 valence electrons. The van der Waals surface area contributed by atoms with Crippen molar-refractivity contribution in [2.24, 2.45) is 0 Å². The summed E-state index contributed by atoms with van der Waals surface area (Å²) in [6.07, 6.45) is 1.76. The van der Waals surface area contributed by atoms with E-state index >= 15 is 0 Å². The lowest BCUT2D eigenvalue weighted by Gasteiger charge is -2.33. The average Bonchev–Trinajstić information content (AvgIpc) is 2.85. The lowest BCUT2D eigenvalue weighted by atomic mass is 9.95. The van der Waals surface area contributed by atoms with Gasteiger partial charge in [0.05, 0.1) is 11.1 Å². The maximum atomic E-state index is 13.6.